The monoisotopic (exact) mass is 357 g/mol. The Morgan fingerprint density at radius 1 is 1.04 bits per heavy atom. The fraction of sp³-hybridized carbons (Fsp3) is 0.619. The van der Waals surface area contributed by atoms with Crippen LogP contribution in [0.2, 0.25) is 0 Å². The van der Waals surface area contributed by atoms with Gasteiger partial charge in [0.25, 0.3) is 5.91 Å². The second-order valence-corrected chi connectivity index (χ2v) is 7.46. The van der Waals surface area contributed by atoms with Gasteiger partial charge in [0.1, 0.15) is 0 Å². The smallest absolute Gasteiger partial charge is 0.253 e. The molecule has 2 unspecified atom stereocenters. The SMILES string of the molecule is CCC1CCCCN1C(=O)C(C)N1CCN(C(=O)c2ccccc2)CC1. The normalized spacial score (nSPS) is 22.9. The Balaban J connectivity index is 1.55. The maximum Gasteiger partial charge on any atom is 0.253 e. The third kappa shape index (κ3) is 4.09. The minimum atomic E-state index is -0.101. The summed E-state index contributed by atoms with van der Waals surface area (Å²) in [6.45, 7) is 7.98. The molecule has 5 nitrogen and oxygen atoms in total. The highest BCUT2D eigenvalue weighted by Crippen LogP contribution is 2.22. The molecular formula is C21H31N3O2. The van der Waals surface area contributed by atoms with Crippen LogP contribution in [-0.2, 0) is 4.79 Å². The molecule has 0 spiro atoms. The summed E-state index contributed by atoms with van der Waals surface area (Å²) in [5, 5.41) is 0. The van der Waals surface area contributed by atoms with Crippen LogP contribution in [-0.4, -0.2) is 71.3 Å². The third-order valence-corrected chi connectivity index (χ3v) is 5.91. The molecule has 0 aliphatic carbocycles. The summed E-state index contributed by atoms with van der Waals surface area (Å²) in [4.78, 5) is 31.8. The maximum atomic E-state index is 13.0. The van der Waals surface area contributed by atoms with E-state index in [0.29, 0.717) is 19.1 Å². The van der Waals surface area contributed by atoms with E-state index in [4.69, 9.17) is 0 Å². The second kappa shape index (κ2) is 8.67. The summed E-state index contributed by atoms with van der Waals surface area (Å²) in [7, 11) is 0. The summed E-state index contributed by atoms with van der Waals surface area (Å²) < 4.78 is 0. The van der Waals surface area contributed by atoms with E-state index in [2.05, 4.69) is 16.7 Å². The lowest BCUT2D eigenvalue weighted by Gasteiger charge is -2.42. The first-order valence-electron chi connectivity index (χ1n) is 10.0. The molecule has 1 aromatic carbocycles. The lowest BCUT2D eigenvalue weighted by molar-refractivity contribution is -0.140. The molecule has 2 aliphatic rings. The van der Waals surface area contributed by atoms with Crippen LogP contribution in [0.4, 0.5) is 0 Å². The standard InChI is InChI=1S/C21H31N3O2/c1-3-19-11-7-8-12-24(19)20(25)17(2)22-13-15-23(16-14-22)21(26)18-9-5-4-6-10-18/h4-6,9-10,17,19H,3,7-8,11-16H2,1-2H3. The molecule has 1 aromatic rings. The number of carbonyl (C=O) groups excluding carboxylic acids is 2. The number of hydrogen-bond donors (Lipinski definition) is 0. The molecule has 0 radical (unpaired) electrons. The molecule has 5 heteroatoms. The van der Waals surface area contributed by atoms with Gasteiger partial charge in [0.15, 0.2) is 0 Å². The molecule has 26 heavy (non-hydrogen) atoms. The van der Waals surface area contributed by atoms with Crippen molar-refractivity contribution in [3.05, 3.63) is 35.9 Å². The summed E-state index contributed by atoms with van der Waals surface area (Å²) in [5.41, 5.74) is 0.740. The van der Waals surface area contributed by atoms with Crippen molar-refractivity contribution in [2.24, 2.45) is 0 Å². The number of hydrogen-bond acceptors (Lipinski definition) is 3. The molecule has 2 aliphatic heterocycles. The van der Waals surface area contributed by atoms with Gasteiger partial charge in [-0.2, -0.15) is 0 Å². The molecule has 0 N–H and O–H groups in total. The number of piperazine rings is 1. The van der Waals surface area contributed by atoms with Crippen LogP contribution in [0.1, 0.15) is 49.9 Å². The van der Waals surface area contributed by atoms with Gasteiger partial charge in [-0.3, -0.25) is 14.5 Å². The number of piperidine rings is 1. The Hall–Kier alpha value is -1.88. The summed E-state index contributed by atoms with van der Waals surface area (Å²) >= 11 is 0. The van der Waals surface area contributed by atoms with Crippen LogP contribution >= 0.6 is 0 Å². The van der Waals surface area contributed by atoms with Crippen LogP contribution in [0, 0.1) is 0 Å². The molecule has 2 amide bonds. The molecule has 142 valence electrons. The van der Waals surface area contributed by atoms with E-state index in [9.17, 15) is 9.59 Å². The zero-order valence-corrected chi connectivity index (χ0v) is 16.1. The van der Waals surface area contributed by atoms with Gasteiger partial charge in [-0.05, 0) is 44.7 Å². The van der Waals surface area contributed by atoms with Crippen LogP contribution < -0.4 is 0 Å². The number of amides is 2. The molecule has 0 saturated carbocycles. The Kier molecular flexibility index (Phi) is 6.30. The number of benzene rings is 1. The Labute approximate surface area is 156 Å². The molecule has 2 heterocycles. The molecular weight excluding hydrogens is 326 g/mol. The predicted octanol–water partition coefficient (Wildman–Crippen LogP) is 2.62. The van der Waals surface area contributed by atoms with Gasteiger partial charge in [0, 0.05) is 44.3 Å². The van der Waals surface area contributed by atoms with Gasteiger partial charge in [-0.25, -0.2) is 0 Å². The fourth-order valence-corrected chi connectivity index (χ4v) is 4.19. The van der Waals surface area contributed by atoms with Crippen molar-refractivity contribution in [3.63, 3.8) is 0 Å². The zero-order chi connectivity index (χ0) is 18.5. The first-order chi connectivity index (χ1) is 12.6. The lowest BCUT2D eigenvalue weighted by Crippen LogP contribution is -2.57. The van der Waals surface area contributed by atoms with E-state index in [1.165, 1.54) is 6.42 Å². The molecule has 2 saturated heterocycles. The van der Waals surface area contributed by atoms with E-state index in [1.807, 2.05) is 42.2 Å². The second-order valence-electron chi connectivity index (χ2n) is 7.46. The maximum absolute atomic E-state index is 13.0. The minimum Gasteiger partial charge on any atom is -0.338 e. The van der Waals surface area contributed by atoms with Crippen molar-refractivity contribution in [2.75, 3.05) is 32.7 Å². The quantitative estimate of drug-likeness (QED) is 0.832. The van der Waals surface area contributed by atoms with Crippen molar-refractivity contribution < 1.29 is 9.59 Å². The van der Waals surface area contributed by atoms with E-state index in [1.54, 1.807) is 0 Å². The van der Waals surface area contributed by atoms with Crippen molar-refractivity contribution in [1.82, 2.24) is 14.7 Å². The fourth-order valence-electron chi connectivity index (χ4n) is 4.19. The van der Waals surface area contributed by atoms with E-state index >= 15 is 0 Å². The van der Waals surface area contributed by atoms with E-state index in [0.717, 1.165) is 44.5 Å². The van der Waals surface area contributed by atoms with Gasteiger partial charge >= 0.3 is 0 Å². The summed E-state index contributed by atoms with van der Waals surface area (Å²) in [6, 6.07) is 9.74. The van der Waals surface area contributed by atoms with Gasteiger partial charge in [0.2, 0.25) is 5.91 Å². The third-order valence-electron chi connectivity index (χ3n) is 5.91. The zero-order valence-electron chi connectivity index (χ0n) is 16.1. The van der Waals surface area contributed by atoms with Gasteiger partial charge < -0.3 is 9.80 Å². The average molecular weight is 357 g/mol. The van der Waals surface area contributed by atoms with Crippen LogP contribution in [0.5, 0.6) is 0 Å². The lowest BCUT2D eigenvalue weighted by atomic mass is 9.99. The predicted molar refractivity (Wildman–Crippen MR) is 103 cm³/mol. The number of likely N-dealkylation sites (tertiary alicyclic amines) is 1. The van der Waals surface area contributed by atoms with Crippen LogP contribution in [0.3, 0.4) is 0 Å². The highest BCUT2D eigenvalue weighted by Gasteiger charge is 2.33. The van der Waals surface area contributed by atoms with E-state index in [-0.39, 0.29) is 17.9 Å². The molecule has 0 aromatic heterocycles. The molecule has 3 rings (SSSR count). The van der Waals surface area contributed by atoms with Crippen LogP contribution in [0.25, 0.3) is 0 Å². The Morgan fingerprint density at radius 3 is 2.38 bits per heavy atom. The van der Waals surface area contributed by atoms with Gasteiger partial charge in [-0.1, -0.05) is 25.1 Å². The number of rotatable bonds is 4. The van der Waals surface area contributed by atoms with E-state index < -0.39 is 0 Å². The van der Waals surface area contributed by atoms with Crippen molar-refractivity contribution >= 4 is 11.8 Å². The van der Waals surface area contributed by atoms with Gasteiger partial charge in [0.05, 0.1) is 6.04 Å². The van der Waals surface area contributed by atoms with Crippen LogP contribution in [0.15, 0.2) is 30.3 Å². The topological polar surface area (TPSA) is 43.9 Å². The van der Waals surface area contributed by atoms with Crippen molar-refractivity contribution in [1.29, 1.82) is 0 Å². The number of nitrogens with zero attached hydrogens (tertiary/aromatic N) is 3. The average Bonchev–Trinajstić information content (AvgIpc) is 2.73. The summed E-state index contributed by atoms with van der Waals surface area (Å²) in [6.07, 6.45) is 4.53. The van der Waals surface area contributed by atoms with Crippen molar-refractivity contribution in [2.45, 2.75) is 51.6 Å². The Morgan fingerprint density at radius 2 is 1.73 bits per heavy atom. The molecule has 0 bridgehead atoms. The molecule has 2 fully saturated rings. The largest absolute Gasteiger partial charge is 0.338 e. The van der Waals surface area contributed by atoms with Crippen molar-refractivity contribution in [3.8, 4) is 0 Å². The first kappa shape index (κ1) is 18.9. The number of carbonyl (C=O) groups is 2. The highest BCUT2D eigenvalue weighted by molar-refractivity contribution is 5.94. The summed E-state index contributed by atoms with van der Waals surface area (Å²) in [5.74, 6) is 0.352. The highest BCUT2D eigenvalue weighted by atomic mass is 16.2. The van der Waals surface area contributed by atoms with Gasteiger partial charge in [-0.15, -0.1) is 0 Å². The molecule has 2 atom stereocenters. The Bertz CT molecular complexity index is 611. The minimum absolute atomic E-state index is 0.0892. The first-order valence-corrected chi connectivity index (χ1v) is 10.0.